The lowest BCUT2D eigenvalue weighted by molar-refractivity contribution is 0.103. The van der Waals surface area contributed by atoms with Gasteiger partial charge in [-0.25, -0.2) is 0 Å². The number of para-hydroxylation sites is 1. The van der Waals surface area contributed by atoms with Crippen molar-refractivity contribution >= 4 is 17.2 Å². The highest BCUT2D eigenvalue weighted by Crippen LogP contribution is 2.38. The van der Waals surface area contributed by atoms with E-state index in [1.165, 1.54) is 18.2 Å². The number of ketones is 1. The Balaban J connectivity index is 2.56. The Morgan fingerprint density at radius 2 is 1.68 bits per heavy atom. The summed E-state index contributed by atoms with van der Waals surface area (Å²) >= 11 is 0. The molecular formula is C17H20N2O3. The Morgan fingerprint density at radius 3 is 2.27 bits per heavy atom. The van der Waals surface area contributed by atoms with Crippen molar-refractivity contribution in [3.8, 4) is 11.5 Å². The van der Waals surface area contributed by atoms with Crippen molar-refractivity contribution in [1.29, 1.82) is 0 Å². The molecule has 0 aliphatic heterocycles. The molecule has 0 aromatic heterocycles. The van der Waals surface area contributed by atoms with Crippen LogP contribution in [-0.2, 0) is 0 Å². The van der Waals surface area contributed by atoms with Gasteiger partial charge >= 0.3 is 0 Å². The zero-order valence-corrected chi connectivity index (χ0v) is 12.7. The van der Waals surface area contributed by atoms with Gasteiger partial charge in [-0.1, -0.05) is 12.1 Å². The minimum absolute atomic E-state index is 0.117. The molecule has 0 unspecified atom stereocenters. The Labute approximate surface area is 129 Å². The maximum atomic E-state index is 12.6. The van der Waals surface area contributed by atoms with E-state index in [9.17, 15) is 15.0 Å². The van der Waals surface area contributed by atoms with E-state index in [4.69, 9.17) is 5.73 Å². The fourth-order valence-electron chi connectivity index (χ4n) is 2.46. The van der Waals surface area contributed by atoms with Crippen LogP contribution in [0, 0.1) is 0 Å². The molecule has 5 nitrogen and oxygen atoms in total. The number of nitrogen functional groups attached to an aromatic ring is 1. The van der Waals surface area contributed by atoms with Gasteiger partial charge < -0.3 is 20.8 Å². The average molecular weight is 300 g/mol. The largest absolute Gasteiger partial charge is 0.507 e. The second-order valence-corrected chi connectivity index (χ2v) is 4.92. The van der Waals surface area contributed by atoms with Crippen molar-refractivity contribution in [2.45, 2.75) is 13.8 Å². The van der Waals surface area contributed by atoms with Gasteiger partial charge in [0.05, 0.1) is 16.8 Å². The third-order valence-electron chi connectivity index (χ3n) is 3.66. The van der Waals surface area contributed by atoms with Crippen molar-refractivity contribution in [2.24, 2.45) is 0 Å². The molecule has 22 heavy (non-hydrogen) atoms. The number of phenolic OH excluding ortho intramolecular Hbond substituents is 2. The van der Waals surface area contributed by atoms with Crippen LogP contribution >= 0.6 is 0 Å². The van der Waals surface area contributed by atoms with Crippen LogP contribution in [0.25, 0.3) is 0 Å². The number of aromatic hydroxyl groups is 2. The zero-order chi connectivity index (χ0) is 16.3. The summed E-state index contributed by atoms with van der Waals surface area (Å²) in [5.41, 5.74) is 7.08. The van der Waals surface area contributed by atoms with Gasteiger partial charge in [-0.2, -0.15) is 0 Å². The van der Waals surface area contributed by atoms with Crippen molar-refractivity contribution in [3.05, 3.63) is 47.5 Å². The number of benzene rings is 2. The van der Waals surface area contributed by atoms with Crippen LogP contribution in [0.5, 0.6) is 11.5 Å². The number of nitrogens with two attached hydrogens (primary N) is 1. The second-order valence-electron chi connectivity index (χ2n) is 4.92. The van der Waals surface area contributed by atoms with Gasteiger partial charge in [0.1, 0.15) is 11.4 Å². The Morgan fingerprint density at radius 1 is 1.05 bits per heavy atom. The van der Waals surface area contributed by atoms with Crippen molar-refractivity contribution in [2.75, 3.05) is 23.7 Å². The van der Waals surface area contributed by atoms with Crippen LogP contribution in [-0.4, -0.2) is 29.1 Å². The molecule has 0 saturated carbocycles. The van der Waals surface area contributed by atoms with Gasteiger partial charge in [0.25, 0.3) is 0 Å². The number of phenols is 2. The van der Waals surface area contributed by atoms with E-state index in [0.717, 1.165) is 0 Å². The molecule has 0 aliphatic carbocycles. The molecule has 2 aromatic rings. The predicted octanol–water partition coefficient (Wildman–Crippen LogP) is 2.76. The summed E-state index contributed by atoms with van der Waals surface area (Å²) in [6.07, 6.45) is 0. The number of carbonyl (C=O) groups is 1. The number of nitrogens with zero attached hydrogens (tertiary/aromatic N) is 1. The summed E-state index contributed by atoms with van der Waals surface area (Å²) in [7, 11) is 0. The smallest absolute Gasteiger partial charge is 0.200 e. The molecule has 0 atom stereocenters. The molecule has 5 heteroatoms. The van der Waals surface area contributed by atoms with Crippen LogP contribution in [0.1, 0.15) is 29.8 Å². The first-order valence-electron chi connectivity index (χ1n) is 7.20. The van der Waals surface area contributed by atoms with Crippen LogP contribution in [0.2, 0.25) is 0 Å². The molecule has 0 radical (unpaired) electrons. The molecule has 0 amide bonds. The maximum absolute atomic E-state index is 12.6. The summed E-state index contributed by atoms with van der Waals surface area (Å²) in [6, 6.07) is 9.33. The van der Waals surface area contributed by atoms with Crippen LogP contribution in [0.15, 0.2) is 36.4 Å². The SMILES string of the molecule is CCN(CC)c1c(N)ccc(C(=O)c2ccccc2O)c1O. The number of hydrogen-bond acceptors (Lipinski definition) is 5. The molecule has 0 aliphatic rings. The second kappa shape index (κ2) is 6.39. The summed E-state index contributed by atoms with van der Waals surface area (Å²) in [6.45, 7) is 5.20. The standard InChI is InChI=1S/C17H20N2O3/c1-3-19(4-2)15-13(18)10-9-12(17(15)22)16(21)11-7-5-6-8-14(11)20/h5-10,20,22H,3-4,18H2,1-2H3. The minimum Gasteiger partial charge on any atom is -0.507 e. The summed E-state index contributed by atoms with van der Waals surface area (Å²) in [4.78, 5) is 14.5. The van der Waals surface area contributed by atoms with E-state index in [1.54, 1.807) is 18.2 Å². The van der Waals surface area contributed by atoms with E-state index < -0.39 is 5.78 Å². The zero-order valence-electron chi connectivity index (χ0n) is 12.7. The highest BCUT2D eigenvalue weighted by atomic mass is 16.3. The minimum atomic E-state index is -0.441. The highest BCUT2D eigenvalue weighted by Gasteiger charge is 2.22. The van der Waals surface area contributed by atoms with Gasteiger partial charge in [0.15, 0.2) is 5.75 Å². The van der Waals surface area contributed by atoms with Crippen molar-refractivity contribution < 1.29 is 15.0 Å². The molecule has 2 aromatic carbocycles. The summed E-state index contributed by atoms with van der Waals surface area (Å²) in [5, 5.41) is 20.3. The van der Waals surface area contributed by atoms with Crippen molar-refractivity contribution in [1.82, 2.24) is 0 Å². The molecule has 2 rings (SSSR count). The van der Waals surface area contributed by atoms with Gasteiger partial charge in [-0.05, 0) is 38.1 Å². The first-order valence-corrected chi connectivity index (χ1v) is 7.20. The Kier molecular flexibility index (Phi) is 4.56. The fourth-order valence-corrected chi connectivity index (χ4v) is 2.46. The number of anilines is 2. The summed E-state index contributed by atoms with van der Waals surface area (Å²) in [5.74, 6) is -0.714. The number of hydrogen-bond donors (Lipinski definition) is 3. The quantitative estimate of drug-likeness (QED) is 0.584. The molecular weight excluding hydrogens is 280 g/mol. The molecule has 116 valence electrons. The van der Waals surface area contributed by atoms with E-state index in [-0.39, 0.29) is 22.6 Å². The van der Waals surface area contributed by atoms with E-state index >= 15 is 0 Å². The van der Waals surface area contributed by atoms with E-state index in [2.05, 4.69) is 0 Å². The van der Waals surface area contributed by atoms with Gasteiger partial charge in [-0.15, -0.1) is 0 Å². The number of rotatable bonds is 5. The van der Waals surface area contributed by atoms with Crippen molar-refractivity contribution in [3.63, 3.8) is 0 Å². The highest BCUT2D eigenvalue weighted by molar-refractivity contribution is 6.13. The summed E-state index contributed by atoms with van der Waals surface area (Å²) < 4.78 is 0. The maximum Gasteiger partial charge on any atom is 0.200 e. The van der Waals surface area contributed by atoms with E-state index in [1.807, 2.05) is 18.7 Å². The number of carbonyl (C=O) groups excluding carboxylic acids is 1. The monoisotopic (exact) mass is 300 g/mol. The normalized spacial score (nSPS) is 10.5. The molecule has 0 spiro atoms. The van der Waals surface area contributed by atoms with Gasteiger partial charge in [-0.3, -0.25) is 4.79 Å². The topological polar surface area (TPSA) is 86.8 Å². The molecule has 4 N–H and O–H groups in total. The van der Waals surface area contributed by atoms with E-state index in [0.29, 0.717) is 24.5 Å². The van der Waals surface area contributed by atoms with Gasteiger partial charge in [0.2, 0.25) is 5.78 Å². The van der Waals surface area contributed by atoms with Crippen LogP contribution in [0.4, 0.5) is 11.4 Å². The third-order valence-corrected chi connectivity index (χ3v) is 3.66. The fraction of sp³-hybridized carbons (Fsp3) is 0.235. The van der Waals surface area contributed by atoms with Crippen LogP contribution in [0.3, 0.4) is 0 Å². The molecule has 0 saturated heterocycles. The first-order chi connectivity index (χ1) is 10.5. The average Bonchev–Trinajstić information content (AvgIpc) is 2.51. The lowest BCUT2D eigenvalue weighted by Gasteiger charge is -2.24. The van der Waals surface area contributed by atoms with Gasteiger partial charge in [0, 0.05) is 13.1 Å². The lowest BCUT2D eigenvalue weighted by atomic mass is 10.00. The van der Waals surface area contributed by atoms with Crippen LogP contribution < -0.4 is 10.6 Å². The third kappa shape index (κ3) is 2.70. The lowest BCUT2D eigenvalue weighted by Crippen LogP contribution is -2.23. The Bertz CT molecular complexity index is 694. The molecule has 0 heterocycles. The Hall–Kier alpha value is -2.69. The predicted molar refractivity (Wildman–Crippen MR) is 87.6 cm³/mol. The first kappa shape index (κ1) is 15.7. The molecule has 0 fully saturated rings. The molecule has 0 bridgehead atoms.